The van der Waals surface area contributed by atoms with Gasteiger partial charge in [0, 0.05) is 0 Å². The van der Waals surface area contributed by atoms with Gasteiger partial charge in [0.05, 0.1) is 0 Å². The van der Waals surface area contributed by atoms with Crippen LogP contribution in [0.25, 0.3) is 0 Å². The summed E-state index contributed by atoms with van der Waals surface area (Å²) in [5.41, 5.74) is 0. The number of halogens is 3. The molecule has 0 saturated heterocycles. The third-order valence-electron chi connectivity index (χ3n) is 0.586. The maximum absolute atomic E-state index is 2.99. The van der Waals surface area contributed by atoms with E-state index in [4.69, 9.17) is 0 Å². The van der Waals surface area contributed by atoms with Crippen LogP contribution in [0.4, 0.5) is 0 Å². The molecule has 59 valence electrons. The molecule has 0 heterocycles. The monoisotopic (exact) mass is 551 g/mol. The molecule has 4 heteroatoms. The van der Waals surface area contributed by atoms with Crippen LogP contribution in [0.1, 0.15) is 6.42 Å². The van der Waals surface area contributed by atoms with Gasteiger partial charge in [0.1, 0.15) is 0 Å². The molecule has 0 unspecified atom stereocenters. The zero-order valence-electron chi connectivity index (χ0n) is 5.57. The summed E-state index contributed by atoms with van der Waals surface area (Å²) >= 11 is 0. The second-order valence-electron chi connectivity index (χ2n) is 1.00. The molecule has 0 aromatic rings. The summed E-state index contributed by atoms with van der Waals surface area (Å²) in [6.45, 7) is 0. The molecule has 1 radical (unpaired) electrons. The van der Waals surface area contributed by atoms with Crippen LogP contribution in [-0.2, 0) is 26.2 Å². The van der Waals surface area contributed by atoms with Crippen molar-refractivity contribution in [2.45, 2.75) is 6.42 Å². The Morgan fingerprint density at radius 1 is 1.10 bits per heavy atom. The van der Waals surface area contributed by atoms with Gasteiger partial charge >= 0.3 is 26.2 Å². The normalized spacial score (nSPS) is 8.80. The molecule has 1 aliphatic rings. The van der Waals surface area contributed by atoms with Crippen molar-refractivity contribution in [2.75, 3.05) is 0 Å². The zero-order chi connectivity index (χ0) is 3.54. The van der Waals surface area contributed by atoms with E-state index in [0.29, 0.717) is 0 Å². The van der Waals surface area contributed by atoms with E-state index in [1.54, 1.807) is 0 Å². The summed E-state index contributed by atoms with van der Waals surface area (Å²) in [4.78, 5) is 0. The zero-order valence-corrected chi connectivity index (χ0v) is 14.5. The van der Waals surface area contributed by atoms with Gasteiger partial charge in [0.25, 0.3) is 0 Å². The second kappa shape index (κ2) is 22.6. The number of hydrogen-bond acceptors (Lipinski definition) is 0. The second-order valence-corrected chi connectivity index (χ2v) is 1.00. The maximum atomic E-state index is 2.99. The predicted molar refractivity (Wildman–Crippen MR) is 28.0 cm³/mol. The fourth-order valence-corrected chi connectivity index (χ4v) is 0.340. The Morgan fingerprint density at radius 3 is 1.70 bits per heavy atom. The molecule has 0 amide bonds. The molecule has 0 aliphatic heterocycles. The first-order chi connectivity index (χ1) is 2.50. The summed E-state index contributed by atoms with van der Waals surface area (Å²) in [6.07, 6.45) is 10.0. The molecule has 0 N–H and O–H groups in total. The average Bonchev–Trinajstić information content (AvgIpc) is 1.76. The van der Waals surface area contributed by atoms with Crippen LogP contribution in [-0.4, -0.2) is 0 Å². The summed E-state index contributed by atoms with van der Waals surface area (Å²) in [5.74, 6) is 0. The van der Waals surface area contributed by atoms with E-state index < -0.39 is 0 Å². The molecule has 0 aromatic carbocycles. The minimum atomic E-state index is 0. The van der Waals surface area contributed by atoms with Crippen LogP contribution in [0.15, 0.2) is 18.2 Å². The van der Waals surface area contributed by atoms with Gasteiger partial charge in [-0.1, -0.05) is 0 Å². The van der Waals surface area contributed by atoms with E-state index >= 15 is 0 Å². The molecule has 0 bridgehead atoms. The summed E-state index contributed by atoms with van der Waals surface area (Å²) < 4.78 is 0. The minimum absolute atomic E-state index is 0. The Hall–Kier alpha value is 2.55. The van der Waals surface area contributed by atoms with Crippen molar-refractivity contribution >= 4 is 0 Å². The average molecular weight is 552 g/mol. The van der Waals surface area contributed by atoms with Crippen LogP contribution < -0.4 is 71.9 Å². The molecule has 0 spiro atoms. The topological polar surface area (TPSA) is 0 Å². The first-order valence-electron chi connectivity index (χ1n) is 1.72. The predicted octanol–water partition coefficient (Wildman–Crippen LogP) is -7.23. The van der Waals surface area contributed by atoms with Crippen molar-refractivity contribution < 1.29 is 98.1 Å². The Kier molecular flexibility index (Phi) is 66.2. The Balaban J connectivity index is -0.0000000167. The molecular formula is C6H8I3Zr-2. The van der Waals surface area contributed by atoms with Crippen LogP contribution >= 0.6 is 0 Å². The molecule has 10 heavy (non-hydrogen) atoms. The fourth-order valence-electron chi connectivity index (χ4n) is 0.340. The van der Waals surface area contributed by atoms with Crippen molar-refractivity contribution in [2.24, 2.45) is 0 Å². The molecule has 0 saturated carbocycles. The van der Waals surface area contributed by atoms with Crippen molar-refractivity contribution in [1.82, 2.24) is 0 Å². The van der Waals surface area contributed by atoms with Gasteiger partial charge in [-0.15, -0.1) is 6.42 Å². The van der Waals surface area contributed by atoms with Gasteiger partial charge in [-0.3, -0.25) is 6.08 Å². The van der Waals surface area contributed by atoms with Gasteiger partial charge in [-0.2, -0.15) is 6.08 Å². The molecule has 0 atom stereocenters. The van der Waals surface area contributed by atoms with Crippen molar-refractivity contribution in [3.63, 3.8) is 0 Å². The SMILES string of the molecule is [C-]1=CC=CC1.[CH3-].[I-].[I-].[I-].[Zr+3]. The largest absolute Gasteiger partial charge is 3.00 e. The number of rotatable bonds is 0. The van der Waals surface area contributed by atoms with Crippen molar-refractivity contribution in [3.05, 3.63) is 31.7 Å². The smallest absolute Gasteiger partial charge is 1.00 e. The Bertz CT molecular complexity index is 71.1. The third kappa shape index (κ3) is 16.9. The maximum Gasteiger partial charge on any atom is 3.00 e. The molecule has 1 aliphatic carbocycles. The van der Waals surface area contributed by atoms with Crippen molar-refractivity contribution in [3.8, 4) is 0 Å². The van der Waals surface area contributed by atoms with Crippen LogP contribution in [0.3, 0.4) is 0 Å². The van der Waals surface area contributed by atoms with Gasteiger partial charge in [-0.25, -0.2) is 12.2 Å². The van der Waals surface area contributed by atoms with Crippen LogP contribution in [0, 0.1) is 13.5 Å². The van der Waals surface area contributed by atoms with Crippen LogP contribution in [0.5, 0.6) is 0 Å². The van der Waals surface area contributed by atoms with Gasteiger partial charge < -0.3 is 79.4 Å². The molecule has 1 rings (SSSR count). The summed E-state index contributed by atoms with van der Waals surface area (Å²) in [7, 11) is 0. The summed E-state index contributed by atoms with van der Waals surface area (Å²) in [5, 5.41) is 0. The van der Waals surface area contributed by atoms with Crippen LogP contribution in [0.2, 0.25) is 0 Å². The number of hydrogen-bond donors (Lipinski definition) is 0. The molecule has 0 fully saturated rings. The van der Waals surface area contributed by atoms with E-state index in [1.807, 2.05) is 12.2 Å². The van der Waals surface area contributed by atoms with E-state index in [1.165, 1.54) is 0 Å². The van der Waals surface area contributed by atoms with E-state index in [-0.39, 0.29) is 106 Å². The Labute approximate surface area is 134 Å². The third-order valence-corrected chi connectivity index (χ3v) is 0.586. The molecule has 0 aromatic heterocycles. The summed E-state index contributed by atoms with van der Waals surface area (Å²) in [6, 6.07) is 0. The first kappa shape index (κ1) is 29.4. The molecular weight excluding hydrogens is 544 g/mol. The van der Waals surface area contributed by atoms with E-state index in [2.05, 4.69) is 12.2 Å². The number of allylic oxidation sites excluding steroid dienone is 4. The fraction of sp³-hybridized carbons (Fsp3) is 0.167. The molecule has 0 nitrogen and oxygen atoms in total. The van der Waals surface area contributed by atoms with Gasteiger partial charge in [0.15, 0.2) is 0 Å². The van der Waals surface area contributed by atoms with E-state index in [0.717, 1.165) is 6.42 Å². The minimum Gasteiger partial charge on any atom is -1.00 e. The Morgan fingerprint density at radius 2 is 1.60 bits per heavy atom. The van der Waals surface area contributed by atoms with Gasteiger partial charge in [-0.05, 0) is 0 Å². The van der Waals surface area contributed by atoms with E-state index in [9.17, 15) is 0 Å². The van der Waals surface area contributed by atoms with Gasteiger partial charge in [0.2, 0.25) is 0 Å². The van der Waals surface area contributed by atoms with Crippen molar-refractivity contribution in [1.29, 1.82) is 0 Å². The first-order valence-corrected chi connectivity index (χ1v) is 1.72. The quantitative estimate of drug-likeness (QED) is 0.207. The standard InChI is InChI=1S/C5H5.CH3.3HI.Zr/c1-2-4-5-3-1;;;;;/h1-3H,4H2;1H3;3*1H;/q2*-1;;;;+3/p-3.